The number of halogens is 2. The van der Waals surface area contributed by atoms with E-state index in [1.165, 1.54) is 18.2 Å². The minimum atomic E-state index is -0.706. The van der Waals surface area contributed by atoms with Crippen molar-refractivity contribution in [2.24, 2.45) is 5.73 Å². The van der Waals surface area contributed by atoms with Gasteiger partial charge in [0.15, 0.2) is 0 Å². The molecule has 3 N–H and O–H groups in total. The molecule has 0 heterocycles. The van der Waals surface area contributed by atoms with E-state index in [2.05, 4.69) is 0 Å². The lowest BCUT2D eigenvalue weighted by Crippen LogP contribution is -2.23. The number of rotatable bonds is 2. The van der Waals surface area contributed by atoms with Crippen molar-refractivity contribution in [3.63, 3.8) is 0 Å². The Hall–Kier alpha value is -0.640. The summed E-state index contributed by atoms with van der Waals surface area (Å²) >= 11 is 5.74. The highest BCUT2D eigenvalue weighted by Crippen LogP contribution is 2.24. The van der Waals surface area contributed by atoms with Crippen LogP contribution >= 0.6 is 11.6 Å². The smallest absolute Gasteiger partial charge is 0.124 e. The van der Waals surface area contributed by atoms with E-state index < -0.39 is 18.0 Å². The zero-order chi connectivity index (χ0) is 10.0. The monoisotopic (exact) mass is 203 g/mol. The average Bonchev–Trinajstić information content (AvgIpc) is 2.03. The molecule has 0 spiro atoms. The largest absolute Gasteiger partial charge is 0.391 e. The van der Waals surface area contributed by atoms with E-state index in [4.69, 9.17) is 17.3 Å². The quantitative estimate of drug-likeness (QED) is 0.771. The molecule has 0 saturated heterocycles. The lowest BCUT2D eigenvalue weighted by atomic mass is 10.0. The number of hydrogen-bond donors (Lipinski definition) is 2. The molecule has 72 valence electrons. The third-order valence-electron chi connectivity index (χ3n) is 1.84. The second-order valence-electron chi connectivity index (χ2n) is 2.93. The van der Waals surface area contributed by atoms with Gasteiger partial charge in [-0.1, -0.05) is 17.7 Å². The molecule has 1 aromatic carbocycles. The molecule has 0 unspecified atom stereocenters. The van der Waals surface area contributed by atoms with Crippen LogP contribution in [0.4, 0.5) is 4.39 Å². The van der Waals surface area contributed by atoms with Gasteiger partial charge >= 0.3 is 0 Å². The fourth-order valence-electron chi connectivity index (χ4n) is 1.03. The predicted octanol–water partition coefficient (Wildman–Crippen LogP) is 1.86. The molecule has 0 aliphatic rings. The maximum atomic E-state index is 12.6. The van der Waals surface area contributed by atoms with E-state index in [0.29, 0.717) is 5.56 Å². The van der Waals surface area contributed by atoms with E-state index >= 15 is 0 Å². The predicted molar refractivity (Wildman–Crippen MR) is 50.0 cm³/mol. The summed E-state index contributed by atoms with van der Waals surface area (Å²) in [4.78, 5) is 0. The lowest BCUT2D eigenvalue weighted by molar-refractivity contribution is 0.164. The van der Waals surface area contributed by atoms with Crippen LogP contribution < -0.4 is 5.73 Å². The number of aliphatic hydroxyl groups excluding tert-OH is 1. The summed E-state index contributed by atoms with van der Waals surface area (Å²) in [7, 11) is 0. The summed E-state index contributed by atoms with van der Waals surface area (Å²) in [5.41, 5.74) is 6.19. The van der Waals surface area contributed by atoms with Crippen molar-refractivity contribution in [1.82, 2.24) is 0 Å². The van der Waals surface area contributed by atoms with Crippen molar-refractivity contribution in [2.45, 2.75) is 19.1 Å². The van der Waals surface area contributed by atoms with Crippen molar-refractivity contribution in [3.8, 4) is 0 Å². The van der Waals surface area contributed by atoms with Crippen LogP contribution in [0, 0.1) is 5.82 Å². The number of aliphatic hydroxyl groups is 1. The maximum absolute atomic E-state index is 12.6. The number of nitrogens with two attached hydrogens (primary N) is 1. The Labute approximate surface area is 81.1 Å². The second-order valence-corrected chi connectivity index (χ2v) is 3.34. The van der Waals surface area contributed by atoms with Crippen molar-refractivity contribution in [2.75, 3.05) is 0 Å². The standard InChI is InChI=1S/C9H11ClFNO/c1-5(13)9(12)7-3-2-6(11)4-8(7)10/h2-5,9,13H,12H2,1H3/t5-,9+/m1/s1. The molecule has 0 aliphatic heterocycles. The zero-order valence-corrected chi connectivity index (χ0v) is 7.92. The average molecular weight is 204 g/mol. The van der Waals surface area contributed by atoms with Crippen LogP contribution in [0.1, 0.15) is 18.5 Å². The molecule has 0 amide bonds. The van der Waals surface area contributed by atoms with Crippen LogP contribution in [0.15, 0.2) is 18.2 Å². The molecule has 0 aliphatic carbocycles. The minimum absolute atomic E-state index is 0.244. The SMILES string of the molecule is C[C@@H](O)[C@H](N)c1ccc(F)cc1Cl. The van der Waals surface area contributed by atoms with Gasteiger partial charge in [0.2, 0.25) is 0 Å². The third-order valence-corrected chi connectivity index (χ3v) is 2.17. The molecular formula is C9H11ClFNO. The maximum Gasteiger partial charge on any atom is 0.124 e. The first-order valence-corrected chi connectivity index (χ1v) is 4.28. The fourth-order valence-corrected chi connectivity index (χ4v) is 1.32. The summed E-state index contributed by atoms with van der Waals surface area (Å²) in [6, 6.07) is 3.35. The summed E-state index contributed by atoms with van der Waals surface area (Å²) in [5.74, 6) is -0.411. The van der Waals surface area contributed by atoms with Crippen molar-refractivity contribution in [1.29, 1.82) is 0 Å². The molecule has 13 heavy (non-hydrogen) atoms. The third kappa shape index (κ3) is 2.40. The van der Waals surface area contributed by atoms with Gasteiger partial charge in [-0.3, -0.25) is 0 Å². The highest BCUT2D eigenvalue weighted by atomic mass is 35.5. The molecule has 1 aromatic rings. The molecule has 4 heteroatoms. The van der Waals surface area contributed by atoms with Crippen LogP contribution in [-0.2, 0) is 0 Å². The van der Waals surface area contributed by atoms with Gasteiger partial charge in [-0.25, -0.2) is 4.39 Å². The fraction of sp³-hybridized carbons (Fsp3) is 0.333. The summed E-state index contributed by atoms with van der Waals surface area (Å²) in [5, 5.41) is 9.43. The zero-order valence-electron chi connectivity index (χ0n) is 7.17. The number of hydrogen-bond acceptors (Lipinski definition) is 2. The van der Waals surface area contributed by atoms with Crippen LogP contribution in [0.3, 0.4) is 0 Å². The van der Waals surface area contributed by atoms with Crippen molar-refractivity contribution in [3.05, 3.63) is 34.6 Å². The highest BCUT2D eigenvalue weighted by Gasteiger charge is 2.15. The minimum Gasteiger partial charge on any atom is -0.391 e. The highest BCUT2D eigenvalue weighted by molar-refractivity contribution is 6.31. The summed E-state index contributed by atoms with van der Waals surface area (Å²) < 4.78 is 12.6. The molecule has 0 radical (unpaired) electrons. The normalized spacial score (nSPS) is 15.5. The van der Waals surface area contributed by atoms with Gasteiger partial charge < -0.3 is 10.8 Å². The van der Waals surface area contributed by atoms with Gasteiger partial charge in [-0.2, -0.15) is 0 Å². The first kappa shape index (κ1) is 10.4. The summed E-state index contributed by atoms with van der Waals surface area (Å²) in [6.45, 7) is 1.56. The first-order valence-electron chi connectivity index (χ1n) is 3.91. The Morgan fingerprint density at radius 1 is 1.54 bits per heavy atom. The van der Waals surface area contributed by atoms with Gasteiger partial charge in [0.1, 0.15) is 5.82 Å². The van der Waals surface area contributed by atoms with Gasteiger partial charge in [0.05, 0.1) is 12.1 Å². The van der Waals surface area contributed by atoms with Crippen LogP contribution in [0.2, 0.25) is 5.02 Å². The van der Waals surface area contributed by atoms with Gasteiger partial charge in [0, 0.05) is 5.02 Å². The Kier molecular flexibility index (Phi) is 3.25. The molecule has 1 rings (SSSR count). The van der Waals surface area contributed by atoms with Gasteiger partial charge in [-0.05, 0) is 24.6 Å². The van der Waals surface area contributed by atoms with Crippen LogP contribution in [0.5, 0.6) is 0 Å². The Balaban J connectivity index is 3.01. The Morgan fingerprint density at radius 3 is 2.62 bits per heavy atom. The Morgan fingerprint density at radius 2 is 2.15 bits per heavy atom. The first-order chi connectivity index (χ1) is 6.02. The van der Waals surface area contributed by atoms with Crippen LogP contribution in [0.25, 0.3) is 0 Å². The topological polar surface area (TPSA) is 46.2 Å². The molecule has 0 saturated carbocycles. The van der Waals surface area contributed by atoms with Gasteiger partial charge in [0.25, 0.3) is 0 Å². The van der Waals surface area contributed by atoms with Crippen molar-refractivity contribution >= 4 is 11.6 Å². The van der Waals surface area contributed by atoms with E-state index in [1.54, 1.807) is 6.92 Å². The van der Waals surface area contributed by atoms with E-state index in [-0.39, 0.29) is 5.02 Å². The lowest BCUT2D eigenvalue weighted by Gasteiger charge is -2.16. The van der Waals surface area contributed by atoms with Crippen molar-refractivity contribution < 1.29 is 9.50 Å². The van der Waals surface area contributed by atoms with E-state index in [9.17, 15) is 9.50 Å². The molecule has 0 fully saturated rings. The van der Waals surface area contributed by atoms with E-state index in [1.807, 2.05) is 0 Å². The molecule has 2 nitrogen and oxygen atoms in total. The molecule has 2 atom stereocenters. The number of benzene rings is 1. The van der Waals surface area contributed by atoms with Gasteiger partial charge in [-0.15, -0.1) is 0 Å². The molecule has 0 aromatic heterocycles. The molecular weight excluding hydrogens is 193 g/mol. The van der Waals surface area contributed by atoms with Crippen LogP contribution in [-0.4, -0.2) is 11.2 Å². The summed E-state index contributed by atoms with van der Waals surface area (Å²) in [6.07, 6.45) is -0.706. The van der Waals surface area contributed by atoms with E-state index in [0.717, 1.165) is 0 Å². The second kappa shape index (κ2) is 4.05. The molecule has 0 bridgehead atoms. The Bertz CT molecular complexity index is 304.